The van der Waals surface area contributed by atoms with Crippen LogP contribution in [-0.2, 0) is 6.54 Å². The highest BCUT2D eigenvalue weighted by Gasteiger charge is 2.05. The lowest BCUT2D eigenvalue weighted by atomic mass is 10.0. The summed E-state index contributed by atoms with van der Waals surface area (Å²) in [4.78, 5) is 2.79. The Kier molecular flexibility index (Phi) is 5.17. The van der Waals surface area contributed by atoms with Gasteiger partial charge in [0.15, 0.2) is 0 Å². The molecule has 0 saturated carbocycles. The van der Waals surface area contributed by atoms with Gasteiger partial charge in [0, 0.05) is 16.3 Å². The van der Waals surface area contributed by atoms with E-state index in [0.29, 0.717) is 5.92 Å². The van der Waals surface area contributed by atoms with E-state index in [4.69, 9.17) is 0 Å². The van der Waals surface area contributed by atoms with Crippen LogP contribution in [-0.4, -0.2) is 6.54 Å². The Morgan fingerprint density at radius 2 is 2.00 bits per heavy atom. The quantitative estimate of drug-likeness (QED) is 0.727. The van der Waals surface area contributed by atoms with Crippen LogP contribution in [0.5, 0.6) is 0 Å². The highest BCUT2D eigenvalue weighted by molar-refractivity contribution is 7.15. The minimum atomic E-state index is 0.589. The molecule has 0 aliphatic rings. The molecule has 0 atom stereocenters. The Bertz CT molecular complexity index is 513. The van der Waals surface area contributed by atoms with Crippen LogP contribution in [0.4, 0.5) is 0 Å². The van der Waals surface area contributed by atoms with E-state index in [1.54, 1.807) is 0 Å². The summed E-state index contributed by atoms with van der Waals surface area (Å²) in [6.07, 6.45) is 1.19. The van der Waals surface area contributed by atoms with Gasteiger partial charge in [-0.05, 0) is 42.1 Å². The van der Waals surface area contributed by atoms with Crippen LogP contribution in [0.1, 0.15) is 43.6 Å². The second-order valence-electron chi connectivity index (χ2n) is 5.22. The van der Waals surface area contributed by atoms with Crippen molar-refractivity contribution in [1.29, 1.82) is 0 Å². The van der Waals surface area contributed by atoms with Crippen molar-refractivity contribution in [2.45, 2.75) is 39.7 Å². The molecule has 2 aromatic rings. The van der Waals surface area contributed by atoms with Crippen LogP contribution < -0.4 is 5.32 Å². The Hall–Kier alpha value is -1.12. The van der Waals surface area contributed by atoms with E-state index in [2.05, 4.69) is 62.5 Å². The second-order valence-corrected chi connectivity index (χ2v) is 6.39. The van der Waals surface area contributed by atoms with Crippen LogP contribution in [0.3, 0.4) is 0 Å². The summed E-state index contributed by atoms with van der Waals surface area (Å²) in [5.41, 5.74) is 2.76. The van der Waals surface area contributed by atoms with Crippen molar-refractivity contribution in [2.24, 2.45) is 0 Å². The van der Waals surface area contributed by atoms with Gasteiger partial charge in [0.1, 0.15) is 0 Å². The summed E-state index contributed by atoms with van der Waals surface area (Å²) in [6, 6.07) is 13.4. The van der Waals surface area contributed by atoms with Gasteiger partial charge in [-0.25, -0.2) is 0 Å². The molecule has 1 N–H and O–H groups in total. The molecule has 19 heavy (non-hydrogen) atoms. The lowest BCUT2D eigenvalue weighted by Gasteiger charge is -2.06. The van der Waals surface area contributed by atoms with Crippen molar-refractivity contribution < 1.29 is 0 Å². The van der Waals surface area contributed by atoms with Gasteiger partial charge in [-0.15, -0.1) is 11.3 Å². The second kappa shape index (κ2) is 6.88. The number of nitrogens with one attached hydrogen (secondary N) is 1. The van der Waals surface area contributed by atoms with E-state index in [1.807, 2.05) is 11.3 Å². The third kappa shape index (κ3) is 3.92. The van der Waals surface area contributed by atoms with E-state index in [0.717, 1.165) is 13.1 Å². The normalized spacial score (nSPS) is 11.2. The molecule has 1 aromatic carbocycles. The molecule has 0 radical (unpaired) electrons. The number of thiophene rings is 1. The Morgan fingerprint density at radius 1 is 1.16 bits per heavy atom. The summed E-state index contributed by atoms with van der Waals surface area (Å²) >= 11 is 1.89. The molecule has 2 rings (SSSR count). The predicted molar refractivity (Wildman–Crippen MR) is 85.8 cm³/mol. The first-order valence-corrected chi connectivity index (χ1v) is 7.92. The highest BCUT2D eigenvalue weighted by atomic mass is 32.1. The SMILES string of the molecule is CCCNCc1ccc(-c2cccc(C(C)C)c2)s1. The molecule has 1 aromatic heterocycles. The molecule has 0 amide bonds. The number of rotatable bonds is 6. The van der Waals surface area contributed by atoms with Gasteiger partial charge in [0.2, 0.25) is 0 Å². The smallest absolute Gasteiger partial charge is 0.0346 e. The van der Waals surface area contributed by atoms with Gasteiger partial charge in [0.25, 0.3) is 0 Å². The standard InChI is InChI=1S/C17H23NS/c1-4-10-18-12-16-8-9-17(19-16)15-7-5-6-14(11-15)13(2)3/h5-9,11,13,18H,4,10,12H2,1-3H3. The molecule has 0 saturated heterocycles. The molecule has 2 heteroatoms. The minimum Gasteiger partial charge on any atom is -0.312 e. The Labute approximate surface area is 120 Å². The molecule has 0 fully saturated rings. The molecular formula is C17H23NS. The molecule has 0 unspecified atom stereocenters. The zero-order chi connectivity index (χ0) is 13.7. The fourth-order valence-corrected chi connectivity index (χ4v) is 3.04. The van der Waals surface area contributed by atoms with E-state index in [1.165, 1.54) is 27.3 Å². The van der Waals surface area contributed by atoms with Gasteiger partial charge in [-0.2, -0.15) is 0 Å². The predicted octanol–water partition coefficient (Wildman–Crippen LogP) is 5.04. The number of hydrogen-bond acceptors (Lipinski definition) is 2. The molecular weight excluding hydrogens is 250 g/mol. The van der Waals surface area contributed by atoms with Crippen LogP contribution in [0.2, 0.25) is 0 Å². The zero-order valence-electron chi connectivity index (χ0n) is 12.1. The van der Waals surface area contributed by atoms with E-state index in [9.17, 15) is 0 Å². The van der Waals surface area contributed by atoms with Crippen molar-refractivity contribution in [3.8, 4) is 10.4 Å². The maximum absolute atomic E-state index is 3.46. The van der Waals surface area contributed by atoms with Crippen LogP contribution in [0.25, 0.3) is 10.4 Å². The maximum atomic E-state index is 3.46. The fourth-order valence-electron chi connectivity index (χ4n) is 2.07. The fraction of sp³-hybridized carbons (Fsp3) is 0.412. The van der Waals surface area contributed by atoms with E-state index < -0.39 is 0 Å². The average molecular weight is 273 g/mol. The molecule has 0 bridgehead atoms. The summed E-state index contributed by atoms with van der Waals surface area (Å²) in [6.45, 7) is 8.77. The van der Waals surface area contributed by atoms with E-state index >= 15 is 0 Å². The first kappa shape index (κ1) is 14.3. The topological polar surface area (TPSA) is 12.0 Å². The van der Waals surface area contributed by atoms with Gasteiger partial charge >= 0.3 is 0 Å². The first-order valence-electron chi connectivity index (χ1n) is 7.10. The summed E-state index contributed by atoms with van der Waals surface area (Å²) < 4.78 is 0. The monoisotopic (exact) mass is 273 g/mol. The zero-order valence-corrected chi connectivity index (χ0v) is 12.9. The third-order valence-electron chi connectivity index (χ3n) is 3.23. The largest absolute Gasteiger partial charge is 0.312 e. The number of hydrogen-bond donors (Lipinski definition) is 1. The molecule has 102 valence electrons. The molecule has 1 nitrogen and oxygen atoms in total. The third-order valence-corrected chi connectivity index (χ3v) is 4.36. The molecule has 0 aliphatic carbocycles. The van der Waals surface area contributed by atoms with Crippen molar-refractivity contribution in [2.75, 3.05) is 6.54 Å². The van der Waals surface area contributed by atoms with Crippen LogP contribution in [0.15, 0.2) is 36.4 Å². The summed E-state index contributed by atoms with van der Waals surface area (Å²) in [7, 11) is 0. The van der Waals surface area contributed by atoms with Gasteiger partial charge in [0.05, 0.1) is 0 Å². The molecule has 0 aliphatic heterocycles. The van der Waals surface area contributed by atoms with Crippen molar-refractivity contribution in [1.82, 2.24) is 5.32 Å². The Morgan fingerprint density at radius 3 is 2.74 bits per heavy atom. The minimum absolute atomic E-state index is 0.589. The van der Waals surface area contributed by atoms with Crippen molar-refractivity contribution in [3.05, 3.63) is 46.8 Å². The van der Waals surface area contributed by atoms with Gasteiger partial charge in [-0.3, -0.25) is 0 Å². The number of benzene rings is 1. The lowest BCUT2D eigenvalue weighted by molar-refractivity contribution is 0.681. The molecule has 0 spiro atoms. The average Bonchev–Trinajstić information content (AvgIpc) is 2.88. The summed E-state index contributed by atoms with van der Waals surface area (Å²) in [5.74, 6) is 0.589. The van der Waals surface area contributed by atoms with Crippen molar-refractivity contribution >= 4 is 11.3 Å². The Balaban J connectivity index is 2.11. The molecule has 1 heterocycles. The first-order chi connectivity index (χ1) is 9.20. The van der Waals surface area contributed by atoms with Crippen molar-refractivity contribution in [3.63, 3.8) is 0 Å². The highest BCUT2D eigenvalue weighted by Crippen LogP contribution is 2.30. The van der Waals surface area contributed by atoms with E-state index in [-0.39, 0.29) is 0 Å². The van der Waals surface area contributed by atoms with Gasteiger partial charge in [-0.1, -0.05) is 45.0 Å². The van der Waals surface area contributed by atoms with Gasteiger partial charge < -0.3 is 5.32 Å². The lowest BCUT2D eigenvalue weighted by Crippen LogP contribution is -2.12. The maximum Gasteiger partial charge on any atom is 0.0346 e. The van der Waals surface area contributed by atoms with Crippen LogP contribution in [0, 0.1) is 0 Å². The van der Waals surface area contributed by atoms with Crippen LogP contribution >= 0.6 is 11.3 Å². The summed E-state index contributed by atoms with van der Waals surface area (Å²) in [5, 5.41) is 3.46.